The lowest BCUT2D eigenvalue weighted by Crippen LogP contribution is -2.30. The van der Waals surface area contributed by atoms with Crippen LogP contribution < -0.4 is 10.1 Å². The second kappa shape index (κ2) is 9.45. The van der Waals surface area contributed by atoms with Crippen LogP contribution in [0.3, 0.4) is 0 Å². The van der Waals surface area contributed by atoms with Crippen LogP contribution in [-0.4, -0.2) is 15.5 Å². The predicted molar refractivity (Wildman–Crippen MR) is 131 cm³/mol. The maximum atomic E-state index is 13.0. The average Bonchev–Trinajstić information content (AvgIpc) is 3.51. The average molecular weight is 472 g/mol. The Hall–Kier alpha value is -4.03. The Kier molecular flexibility index (Phi) is 6.06. The van der Waals surface area contributed by atoms with E-state index >= 15 is 0 Å². The fraction of sp³-hybridized carbons (Fsp3) is 0.111. The lowest BCUT2D eigenvalue weighted by atomic mass is 10.1. The first-order valence-electron chi connectivity index (χ1n) is 10.8. The van der Waals surface area contributed by atoms with Crippen LogP contribution in [0.4, 0.5) is 0 Å². The first kappa shape index (κ1) is 21.8. The van der Waals surface area contributed by atoms with Gasteiger partial charge in [0.2, 0.25) is 0 Å². The summed E-state index contributed by atoms with van der Waals surface area (Å²) in [7, 11) is 1.88. The number of benzene rings is 3. The van der Waals surface area contributed by atoms with E-state index in [-0.39, 0.29) is 18.3 Å². The summed E-state index contributed by atoms with van der Waals surface area (Å²) in [6.07, 6.45) is 3.53. The highest BCUT2D eigenvalue weighted by atomic mass is 35.5. The molecule has 2 aromatic heterocycles. The van der Waals surface area contributed by atoms with Gasteiger partial charge < -0.3 is 19.0 Å². The number of hydrogen-bond donors (Lipinski definition) is 1. The highest BCUT2D eigenvalue weighted by molar-refractivity contribution is 6.30. The molecule has 0 aliphatic carbocycles. The molecule has 0 spiro atoms. The second-order valence-electron chi connectivity index (χ2n) is 7.92. The van der Waals surface area contributed by atoms with Gasteiger partial charge in [-0.2, -0.15) is 0 Å². The maximum Gasteiger partial charge on any atom is 0.287 e. The van der Waals surface area contributed by atoms with Crippen molar-refractivity contribution in [1.82, 2.24) is 14.9 Å². The van der Waals surface area contributed by atoms with Crippen molar-refractivity contribution in [3.63, 3.8) is 0 Å². The number of nitrogens with one attached hydrogen (secondary N) is 1. The first-order valence-corrected chi connectivity index (χ1v) is 11.2. The van der Waals surface area contributed by atoms with Gasteiger partial charge in [-0.05, 0) is 52.7 Å². The number of aromatic nitrogens is 2. The molecule has 6 nitrogen and oxygen atoms in total. The summed E-state index contributed by atoms with van der Waals surface area (Å²) in [6.45, 7) is 0.214. The molecule has 1 amide bonds. The minimum atomic E-state index is -0.466. The summed E-state index contributed by atoms with van der Waals surface area (Å²) in [5.74, 6) is 1.84. The molecule has 0 unspecified atom stereocenters. The SMILES string of the molecule is Cn1ccnc1[C@@H](NC(=O)c1ccc(COc2ccc3ccccc3c2)o1)c1ccc(Cl)cc1. The number of aryl methyl sites for hydroxylation is 1. The molecule has 1 atom stereocenters. The molecule has 5 rings (SSSR count). The van der Waals surface area contributed by atoms with E-state index in [9.17, 15) is 4.79 Å². The number of furan rings is 1. The highest BCUT2D eigenvalue weighted by Gasteiger charge is 2.23. The molecule has 0 saturated heterocycles. The highest BCUT2D eigenvalue weighted by Crippen LogP contribution is 2.24. The Balaban J connectivity index is 1.29. The molecule has 3 aromatic carbocycles. The Bertz CT molecular complexity index is 1440. The van der Waals surface area contributed by atoms with Crippen molar-refractivity contribution in [3.05, 3.63) is 119 Å². The van der Waals surface area contributed by atoms with Crippen molar-refractivity contribution in [2.75, 3.05) is 0 Å². The van der Waals surface area contributed by atoms with Crippen LogP contribution >= 0.6 is 11.6 Å². The number of rotatable bonds is 7. The molecule has 7 heteroatoms. The molecular formula is C27H22ClN3O3. The minimum Gasteiger partial charge on any atom is -0.486 e. The molecule has 2 heterocycles. The van der Waals surface area contributed by atoms with Gasteiger partial charge in [0.1, 0.15) is 30.0 Å². The van der Waals surface area contributed by atoms with Crippen LogP contribution in [0.25, 0.3) is 10.8 Å². The third-order valence-electron chi connectivity index (χ3n) is 5.58. The summed E-state index contributed by atoms with van der Waals surface area (Å²) >= 11 is 6.04. The molecule has 0 aliphatic rings. The topological polar surface area (TPSA) is 69.3 Å². The van der Waals surface area contributed by atoms with Gasteiger partial charge >= 0.3 is 0 Å². The van der Waals surface area contributed by atoms with Crippen LogP contribution in [0.1, 0.15) is 33.7 Å². The van der Waals surface area contributed by atoms with Crippen molar-refractivity contribution >= 4 is 28.3 Å². The summed E-state index contributed by atoms with van der Waals surface area (Å²) < 4.78 is 13.5. The van der Waals surface area contributed by atoms with Crippen molar-refractivity contribution in [2.45, 2.75) is 12.6 Å². The van der Waals surface area contributed by atoms with Gasteiger partial charge in [0.05, 0.1) is 0 Å². The van der Waals surface area contributed by atoms with Crippen molar-refractivity contribution in [3.8, 4) is 5.75 Å². The molecule has 1 N–H and O–H groups in total. The molecule has 0 fully saturated rings. The van der Waals surface area contributed by atoms with Crippen molar-refractivity contribution < 1.29 is 13.9 Å². The summed E-state index contributed by atoms with van der Waals surface area (Å²) in [5, 5.41) is 5.89. The minimum absolute atomic E-state index is 0.199. The van der Waals surface area contributed by atoms with E-state index in [4.69, 9.17) is 20.8 Å². The normalized spacial score (nSPS) is 11.9. The third kappa shape index (κ3) is 4.67. The van der Waals surface area contributed by atoms with E-state index in [1.54, 1.807) is 30.5 Å². The number of amides is 1. The van der Waals surface area contributed by atoms with Gasteiger partial charge in [-0.15, -0.1) is 0 Å². The largest absolute Gasteiger partial charge is 0.486 e. The predicted octanol–water partition coefficient (Wildman–Crippen LogP) is 5.92. The van der Waals surface area contributed by atoms with E-state index in [2.05, 4.69) is 16.4 Å². The summed E-state index contributed by atoms with van der Waals surface area (Å²) in [6, 6.07) is 24.2. The zero-order valence-corrected chi connectivity index (χ0v) is 19.2. The Morgan fingerprint density at radius 2 is 1.85 bits per heavy atom. The van der Waals surface area contributed by atoms with E-state index < -0.39 is 6.04 Å². The van der Waals surface area contributed by atoms with E-state index in [0.29, 0.717) is 16.6 Å². The lowest BCUT2D eigenvalue weighted by molar-refractivity contribution is 0.0909. The van der Waals surface area contributed by atoms with Gasteiger partial charge in [-0.1, -0.05) is 54.1 Å². The van der Waals surface area contributed by atoms with Crippen LogP contribution in [0.5, 0.6) is 5.75 Å². The van der Waals surface area contributed by atoms with Crippen LogP contribution in [0.2, 0.25) is 5.02 Å². The van der Waals surface area contributed by atoms with E-state index in [0.717, 1.165) is 22.1 Å². The number of imidazole rings is 1. The van der Waals surface area contributed by atoms with Crippen LogP contribution in [0.15, 0.2) is 95.7 Å². The number of carbonyl (C=O) groups is 1. The molecule has 5 aromatic rings. The van der Waals surface area contributed by atoms with Crippen LogP contribution in [-0.2, 0) is 13.7 Å². The monoisotopic (exact) mass is 471 g/mol. The van der Waals surface area contributed by atoms with Crippen molar-refractivity contribution in [2.24, 2.45) is 7.05 Å². The molecule has 170 valence electrons. The molecule has 0 aliphatic heterocycles. The number of ether oxygens (including phenoxy) is 1. The number of hydrogen-bond acceptors (Lipinski definition) is 4. The van der Waals surface area contributed by atoms with E-state index in [1.807, 2.05) is 66.3 Å². The number of halogens is 1. The zero-order valence-electron chi connectivity index (χ0n) is 18.4. The molecule has 0 saturated carbocycles. The number of carbonyl (C=O) groups excluding carboxylic acids is 1. The third-order valence-corrected chi connectivity index (χ3v) is 5.83. The van der Waals surface area contributed by atoms with Gasteiger partial charge in [0, 0.05) is 24.5 Å². The van der Waals surface area contributed by atoms with Gasteiger partial charge in [-0.3, -0.25) is 4.79 Å². The zero-order chi connectivity index (χ0) is 23.5. The smallest absolute Gasteiger partial charge is 0.287 e. The Morgan fingerprint density at radius 3 is 2.62 bits per heavy atom. The summed E-state index contributed by atoms with van der Waals surface area (Å²) in [5.41, 5.74) is 0.860. The fourth-order valence-corrected chi connectivity index (χ4v) is 3.92. The van der Waals surface area contributed by atoms with Gasteiger partial charge in [0.25, 0.3) is 5.91 Å². The molecular weight excluding hydrogens is 450 g/mol. The number of nitrogens with zero attached hydrogens (tertiary/aromatic N) is 2. The van der Waals surface area contributed by atoms with Gasteiger partial charge in [-0.25, -0.2) is 4.98 Å². The molecule has 34 heavy (non-hydrogen) atoms. The van der Waals surface area contributed by atoms with Crippen LogP contribution in [0, 0.1) is 0 Å². The lowest BCUT2D eigenvalue weighted by Gasteiger charge is -2.18. The van der Waals surface area contributed by atoms with Gasteiger partial charge in [0.15, 0.2) is 5.76 Å². The standard InChI is InChI=1S/C27H22ClN3O3/c1-31-15-14-29-26(31)25(19-6-9-21(28)10-7-19)30-27(32)24-13-12-23(34-24)17-33-22-11-8-18-4-2-3-5-20(18)16-22/h2-16,25H,17H2,1H3,(H,30,32)/t25-/m0/s1. The molecule has 0 radical (unpaired) electrons. The van der Waals surface area contributed by atoms with Crippen molar-refractivity contribution in [1.29, 1.82) is 0 Å². The van der Waals surface area contributed by atoms with E-state index in [1.165, 1.54) is 0 Å². The Labute approximate surface area is 201 Å². The second-order valence-corrected chi connectivity index (χ2v) is 8.35. The quantitative estimate of drug-likeness (QED) is 0.320. The Morgan fingerprint density at radius 1 is 1.06 bits per heavy atom. The number of fused-ring (bicyclic) bond motifs is 1. The first-order chi connectivity index (χ1) is 16.6. The summed E-state index contributed by atoms with van der Waals surface area (Å²) in [4.78, 5) is 17.4. The maximum absolute atomic E-state index is 13.0. The molecule has 0 bridgehead atoms. The fourth-order valence-electron chi connectivity index (χ4n) is 3.80.